The SMILES string of the molecule is CC1CN(C2CCN(c3cccnc3C#N)CC2)CCO1. The van der Waals surface area contributed by atoms with Crippen molar-refractivity contribution in [1.29, 1.82) is 5.26 Å². The van der Waals surface area contributed by atoms with Crippen LogP contribution in [0.25, 0.3) is 0 Å². The van der Waals surface area contributed by atoms with Gasteiger partial charge in [0.1, 0.15) is 6.07 Å². The van der Waals surface area contributed by atoms with Crippen LogP contribution >= 0.6 is 0 Å². The third-order valence-corrected chi connectivity index (χ3v) is 4.49. The molecule has 0 amide bonds. The predicted molar refractivity (Wildman–Crippen MR) is 81.2 cm³/mol. The molecule has 2 aliphatic rings. The molecule has 0 aromatic carbocycles. The zero-order chi connectivity index (χ0) is 14.7. The van der Waals surface area contributed by atoms with Crippen LogP contribution in [0.2, 0.25) is 0 Å². The molecule has 21 heavy (non-hydrogen) atoms. The van der Waals surface area contributed by atoms with Crippen molar-refractivity contribution in [3.63, 3.8) is 0 Å². The average molecular weight is 286 g/mol. The van der Waals surface area contributed by atoms with Crippen LogP contribution in [0.4, 0.5) is 5.69 Å². The first kappa shape index (κ1) is 14.3. The Bertz CT molecular complexity index is 519. The Morgan fingerprint density at radius 3 is 2.86 bits per heavy atom. The molecule has 0 spiro atoms. The highest BCUT2D eigenvalue weighted by Gasteiger charge is 2.28. The van der Waals surface area contributed by atoms with E-state index in [-0.39, 0.29) is 0 Å². The predicted octanol–water partition coefficient (Wildman–Crippen LogP) is 1.64. The summed E-state index contributed by atoms with van der Waals surface area (Å²) in [7, 11) is 0. The number of hydrogen-bond acceptors (Lipinski definition) is 5. The smallest absolute Gasteiger partial charge is 0.163 e. The van der Waals surface area contributed by atoms with Crippen LogP contribution in [-0.2, 0) is 4.74 Å². The minimum Gasteiger partial charge on any atom is -0.376 e. The second-order valence-electron chi connectivity index (χ2n) is 5.88. The van der Waals surface area contributed by atoms with Crippen LogP contribution in [0, 0.1) is 11.3 Å². The van der Waals surface area contributed by atoms with E-state index in [0.29, 0.717) is 17.8 Å². The molecule has 3 heterocycles. The first-order chi connectivity index (χ1) is 10.3. The van der Waals surface area contributed by atoms with Gasteiger partial charge in [0.15, 0.2) is 5.69 Å². The lowest BCUT2D eigenvalue weighted by Gasteiger charge is -2.42. The summed E-state index contributed by atoms with van der Waals surface area (Å²) >= 11 is 0. The van der Waals surface area contributed by atoms with Gasteiger partial charge in [0.25, 0.3) is 0 Å². The summed E-state index contributed by atoms with van der Waals surface area (Å²) in [6.45, 7) is 7.08. The van der Waals surface area contributed by atoms with Crippen LogP contribution in [-0.4, -0.2) is 54.8 Å². The van der Waals surface area contributed by atoms with Crippen molar-refractivity contribution in [3.8, 4) is 6.07 Å². The van der Waals surface area contributed by atoms with E-state index in [4.69, 9.17) is 4.74 Å². The number of morpholine rings is 1. The first-order valence-electron chi connectivity index (χ1n) is 7.73. The van der Waals surface area contributed by atoms with Crippen molar-refractivity contribution in [2.75, 3.05) is 37.7 Å². The summed E-state index contributed by atoms with van der Waals surface area (Å²) in [5.74, 6) is 0. The van der Waals surface area contributed by atoms with Gasteiger partial charge in [-0.15, -0.1) is 0 Å². The largest absolute Gasteiger partial charge is 0.376 e. The normalized spacial score (nSPS) is 24.8. The summed E-state index contributed by atoms with van der Waals surface area (Å²) in [4.78, 5) is 9.03. The van der Waals surface area contributed by atoms with E-state index in [1.54, 1.807) is 6.20 Å². The molecule has 5 heteroatoms. The third-order valence-electron chi connectivity index (χ3n) is 4.49. The number of aromatic nitrogens is 1. The van der Waals surface area contributed by atoms with Gasteiger partial charge in [-0.3, -0.25) is 4.90 Å². The number of anilines is 1. The van der Waals surface area contributed by atoms with Crippen molar-refractivity contribution < 1.29 is 4.74 Å². The number of nitrogens with zero attached hydrogens (tertiary/aromatic N) is 4. The molecule has 112 valence electrons. The van der Waals surface area contributed by atoms with Gasteiger partial charge in [0, 0.05) is 38.4 Å². The van der Waals surface area contributed by atoms with Crippen LogP contribution in [0.5, 0.6) is 0 Å². The number of nitriles is 1. The summed E-state index contributed by atoms with van der Waals surface area (Å²) in [6, 6.07) is 6.75. The Morgan fingerprint density at radius 1 is 1.33 bits per heavy atom. The Hall–Kier alpha value is -1.64. The molecule has 0 bridgehead atoms. The summed E-state index contributed by atoms with van der Waals surface area (Å²) < 4.78 is 5.62. The number of ether oxygens (including phenoxy) is 1. The second-order valence-corrected chi connectivity index (χ2v) is 5.88. The molecule has 1 aromatic rings. The van der Waals surface area contributed by atoms with E-state index in [0.717, 1.165) is 51.3 Å². The van der Waals surface area contributed by atoms with E-state index < -0.39 is 0 Å². The highest BCUT2D eigenvalue weighted by atomic mass is 16.5. The van der Waals surface area contributed by atoms with Crippen molar-refractivity contribution in [3.05, 3.63) is 24.0 Å². The number of rotatable bonds is 2. The number of piperidine rings is 1. The second kappa shape index (κ2) is 6.42. The van der Waals surface area contributed by atoms with Crippen molar-refractivity contribution >= 4 is 5.69 Å². The maximum absolute atomic E-state index is 9.17. The van der Waals surface area contributed by atoms with E-state index in [1.165, 1.54) is 0 Å². The summed E-state index contributed by atoms with van der Waals surface area (Å²) in [5, 5.41) is 9.17. The Kier molecular flexibility index (Phi) is 4.37. The third kappa shape index (κ3) is 3.17. The van der Waals surface area contributed by atoms with Gasteiger partial charge in [-0.2, -0.15) is 5.26 Å². The summed E-state index contributed by atoms with van der Waals surface area (Å²) in [5.41, 5.74) is 1.52. The standard InChI is InChI=1S/C16H22N4O/c1-13-12-20(9-10-21-13)14-4-7-19(8-5-14)16-3-2-6-18-15(16)11-17/h2-3,6,13-14H,4-5,7-10,12H2,1H3. The minimum absolute atomic E-state index is 0.347. The number of hydrogen-bond donors (Lipinski definition) is 0. The van der Waals surface area contributed by atoms with Crippen LogP contribution in [0.15, 0.2) is 18.3 Å². The minimum atomic E-state index is 0.347. The molecular weight excluding hydrogens is 264 g/mol. The van der Waals surface area contributed by atoms with E-state index in [1.807, 2.05) is 12.1 Å². The molecule has 2 aliphatic heterocycles. The quantitative estimate of drug-likeness (QED) is 0.827. The maximum atomic E-state index is 9.17. The Balaban J connectivity index is 1.61. The van der Waals surface area contributed by atoms with E-state index in [9.17, 15) is 5.26 Å². The zero-order valence-electron chi connectivity index (χ0n) is 12.5. The molecule has 0 aliphatic carbocycles. The van der Waals surface area contributed by atoms with Gasteiger partial charge in [-0.25, -0.2) is 4.98 Å². The number of pyridine rings is 1. The monoisotopic (exact) mass is 286 g/mol. The lowest BCUT2D eigenvalue weighted by molar-refractivity contribution is -0.0373. The van der Waals surface area contributed by atoms with Gasteiger partial charge >= 0.3 is 0 Å². The highest BCUT2D eigenvalue weighted by molar-refractivity contribution is 5.55. The van der Waals surface area contributed by atoms with Crippen molar-refractivity contribution in [2.45, 2.75) is 31.9 Å². The molecule has 2 saturated heterocycles. The lowest BCUT2D eigenvalue weighted by Crippen LogP contribution is -2.51. The fourth-order valence-corrected chi connectivity index (χ4v) is 3.39. The Labute approximate surface area is 126 Å². The van der Waals surface area contributed by atoms with Gasteiger partial charge < -0.3 is 9.64 Å². The van der Waals surface area contributed by atoms with E-state index >= 15 is 0 Å². The van der Waals surface area contributed by atoms with Crippen LogP contribution in [0.3, 0.4) is 0 Å². The molecule has 0 radical (unpaired) electrons. The van der Waals surface area contributed by atoms with Crippen molar-refractivity contribution in [2.24, 2.45) is 0 Å². The van der Waals surface area contributed by atoms with Crippen LogP contribution in [0.1, 0.15) is 25.5 Å². The van der Waals surface area contributed by atoms with Gasteiger partial charge in [-0.1, -0.05) is 0 Å². The first-order valence-corrected chi connectivity index (χ1v) is 7.73. The van der Waals surface area contributed by atoms with Gasteiger partial charge in [0.05, 0.1) is 18.4 Å². The molecule has 1 atom stereocenters. The van der Waals surface area contributed by atoms with Gasteiger partial charge in [0.2, 0.25) is 0 Å². The lowest BCUT2D eigenvalue weighted by atomic mass is 10.0. The molecule has 2 fully saturated rings. The molecule has 1 unspecified atom stereocenters. The molecular formula is C16H22N4O. The molecule has 0 saturated carbocycles. The average Bonchev–Trinajstić information content (AvgIpc) is 2.55. The molecule has 0 N–H and O–H groups in total. The maximum Gasteiger partial charge on any atom is 0.163 e. The van der Waals surface area contributed by atoms with Crippen molar-refractivity contribution in [1.82, 2.24) is 9.88 Å². The fraction of sp³-hybridized carbons (Fsp3) is 0.625. The molecule has 5 nitrogen and oxygen atoms in total. The van der Waals surface area contributed by atoms with Gasteiger partial charge in [-0.05, 0) is 31.9 Å². The molecule has 3 rings (SSSR count). The zero-order valence-corrected chi connectivity index (χ0v) is 12.5. The topological polar surface area (TPSA) is 52.4 Å². The highest BCUT2D eigenvalue weighted by Crippen LogP contribution is 2.25. The molecule has 1 aromatic heterocycles. The Morgan fingerprint density at radius 2 is 2.14 bits per heavy atom. The van der Waals surface area contributed by atoms with E-state index in [2.05, 4.69) is 27.8 Å². The fourth-order valence-electron chi connectivity index (χ4n) is 3.39. The van der Waals surface area contributed by atoms with Crippen LogP contribution < -0.4 is 4.90 Å². The summed E-state index contributed by atoms with van der Waals surface area (Å²) in [6.07, 6.45) is 4.32.